The predicted octanol–water partition coefficient (Wildman–Crippen LogP) is 3.19. The quantitative estimate of drug-likeness (QED) is 0.615. The van der Waals surface area contributed by atoms with Crippen molar-refractivity contribution in [3.8, 4) is 11.8 Å². The molecule has 1 N–H and O–H groups in total. The predicted molar refractivity (Wildman–Crippen MR) is 95.7 cm³/mol. The normalized spacial score (nSPS) is 11.6. The molecule has 0 saturated carbocycles. The van der Waals surface area contributed by atoms with Crippen LogP contribution in [-0.4, -0.2) is 37.6 Å². The molecule has 7 heteroatoms. The van der Waals surface area contributed by atoms with Gasteiger partial charge < -0.3 is 15.0 Å². The van der Waals surface area contributed by atoms with Crippen molar-refractivity contribution in [3.63, 3.8) is 0 Å². The zero-order chi connectivity index (χ0) is 18.4. The van der Waals surface area contributed by atoms with E-state index >= 15 is 0 Å². The molecule has 25 heavy (non-hydrogen) atoms. The Kier molecular flexibility index (Phi) is 5.93. The highest BCUT2D eigenvalue weighted by molar-refractivity contribution is 5.64. The van der Waals surface area contributed by atoms with E-state index in [1.165, 1.54) is 6.07 Å². The number of methoxy groups -OCH3 is 1. The third kappa shape index (κ3) is 4.46. The minimum absolute atomic E-state index is 0.00894. The molecule has 1 unspecified atom stereocenters. The van der Waals surface area contributed by atoms with Crippen LogP contribution in [0.25, 0.3) is 0 Å². The van der Waals surface area contributed by atoms with E-state index in [4.69, 9.17) is 10.00 Å². The minimum atomic E-state index is -0.487. The average Bonchev–Trinajstić information content (AvgIpc) is 2.61. The molecule has 0 aliphatic carbocycles. The van der Waals surface area contributed by atoms with Crippen LogP contribution in [-0.2, 0) is 0 Å². The zero-order valence-corrected chi connectivity index (χ0v) is 14.4. The van der Waals surface area contributed by atoms with E-state index in [1.54, 1.807) is 19.2 Å². The molecule has 0 aliphatic rings. The Bertz CT molecular complexity index is 799. The summed E-state index contributed by atoms with van der Waals surface area (Å²) in [5.41, 5.74) is 1.57. The number of ether oxygens (including phenoxy) is 1. The summed E-state index contributed by atoms with van der Waals surface area (Å²) < 4.78 is 5.26. The van der Waals surface area contributed by atoms with Gasteiger partial charge >= 0.3 is 0 Å². The Morgan fingerprint density at radius 3 is 2.68 bits per heavy atom. The van der Waals surface area contributed by atoms with E-state index in [9.17, 15) is 10.1 Å². The molecule has 1 atom stereocenters. The molecule has 0 fully saturated rings. The Balaban J connectivity index is 2.25. The second-order valence-corrected chi connectivity index (χ2v) is 5.74. The van der Waals surface area contributed by atoms with Gasteiger partial charge in [0.15, 0.2) is 0 Å². The molecular formula is C18H20N4O3. The lowest BCUT2D eigenvalue weighted by Crippen LogP contribution is -2.27. The fourth-order valence-electron chi connectivity index (χ4n) is 2.56. The highest BCUT2D eigenvalue weighted by atomic mass is 16.6. The van der Waals surface area contributed by atoms with Gasteiger partial charge in [0, 0.05) is 12.6 Å². The molecule has 2 aromatic rings. The Hall–Kier alpha value is -3.11. The summed E-state index contributed by atoms with van der Waals surface area (Å²) >= 11 is 0. The summed E-state index contributed by atoms with van der Waals surface area (Å²) in [7, 11) is 5.50. The van der Waals surface area contributed by atoms with Gasteiger partial charge in [-0.3, -0.25) is 10.1 Å². The van der Waals surface area contributed by atoms with E-state index in [2.05, 4.69) is 5.32 Å². The standard InChI is InChI=1S/C18H20N4O3/c1-21(2)18(14-5-4-6-15(10-14)25-3)12-20-16-8-7-13(11-19)9-17(16)22(23)24/h4-10,18,20H,12H2,1-3H3. The van der Waals surface area contributed by atoms with Gasteiger partial charge in [0.1, 0.15) is 11.4 Å². The lowest BCUT2D eigenvalue weighted by atomic mass is 10.1. The molecule has 7 nitrogen and oxygen atoms in total. The number of likely N-dealkylation sites (N-methyl/N-ethyl adjacent to an activating group) is 1. The first-order valence-corrected chi connectivity index (χ1v) is 7.69. The molecule has 2 aromatic carbocycles. The van der Waals surface area contributed by atoms with Crippen LogP contribution in [0.2, 0.25) is 0 Å². The number of benzene rings is 2. The monoisotopic (exact) mass is 340 g/mol. The van der Waals surface area contributed by atoms with Crippen LogP contribution in [0.5, 0.6) is 5.75 Å². The van der Waals surface area contributed by atoms with E-state index in [0.29, 0.717) is 12.2 Å². The number of anilines is 1. The summed E-state index contributed by atoms with van der Waals surface area (Å²) in [5.74, 6) is 0.758. The fraction of sp³-hybridized carbons (Fsp3) is 0.278. The van der Waals surface area contributed by atoms with Crippen LogP contribution in [0.1, 0.15) is 17.2 Å². The molecule has 2 rings (SSSR count). The van der Waals surface area contributed by atoms with Crippen LogP contribution in [0.15, 0.2) is 42.5 Å². The molecule has 0 aliphatic heterocycles. The zero-order valence-electron chi connectivity index (χ0n) is 14.4. The van der Waals surface area contributed by atoms with Crippen molar-refractivity contribution < 1.29 is 9.66 Å². The summed E-state index contributed by atoms with van der Waals surface area (Å²) in [4.78, 5) is 12.8. The van der Waals surface area contributed by atoms with Gasteiger partial charge in [-0.05, 0) is 43.9 Å². The number of nitro benzene ring substituents is 1. The SMILES string of the molecule is COc1cccc(C(CNc2ccc(C#N)cc2[N+](=O)[O-])N(C)C)c1. The Morgan fingerprint density at radius 1 is 1.32 bits per heavy atom. The van der Waals surface area contributed by atoms with Crippen LogP contribution in [0.3, 0.4) is 0 Å². The number of nitriles is 1. The van der Waals surface area contributed by atoms with Crippen LogP contribution in [0, 0.1) is 21.4 Å². The average molecular weight is 340 g/mol. The fourth-order valence-corrected chi connectivity index (χ4v) is 2.56. The molecule has 0 radical (unpaired) electrons. The van der Waals surface area contributed by atoms with Gasteiger partial charge in [-0.25, -0.2) is 0 Å². The molecule has 0 saturated heterocycles. The Morgan fingerprint density at radius 2 is 2.08 bits per heavy atom. The summed E-state index contributed by atoms with van der Waals surface area (Å²) in [6, 6.07) is 14.0. The molecule has 0 spiro atoms. The lowest BCUT2D eigenvalue weighted by Gasteiger charge is -2.26. The third-order valence-corrected chi connectivity index (χ3v) is 3.91. The Labute approximate surface area is 146 Å². The molecule has 0 bridgehead atoms. The topological polar surface area (TPSA) is 91.4 Å². The third-order valence-electron chi connectivity index (χ3n) is 3.91. The number of hydrogen-bond acceptors (Lipinski definition) is 6. The van der Waals surface area contributed by atoms with Crippen molar-refractivity contribution in [2.45, 2.75) is 6.04 Å². The van der Waals surface area contributed by atoms with Crippen LogP contribution >= 0.6 is 0 Å². The van der Waals surface area contributed by atoms with E-state index in [1.807, 2.05) is 49.3 Å². The molecule has 0 heterocycles. The van der Waals surface area contributed by atoms with Crippen molar-refractivity contribution in [2.24, 2.45) is 0 Å². The van der Waals surface area contributed by atoms with Gasteiger partial charge in [0.05, 0.1) is 29.7 Å². The van der Waals surface area contributed by atoms with Crippen molar-refractivity contribution in [3.05, 3.63) is 63.7 Å². The van der Waals surface area contributed by atoms with Gasteiger partial charge in [-0.15, -0.1) is 0 Å². The molecule has 0 aromatic heterocycles. The molecule has 0 amide bonds. The summed E-state index contributed by atoms with van der Waals surface area (Å²) in [6.45, 7) is 0.465. The van der Waals surface area contributed by atoms with Crippen LogP contribution < -0.4 is 10.1 Å². The number of rotatable bonds is 7. The number of nitrogens with one attached hydrogen (secondary N) is 1. The first-order valence-electron chi connectivity index (χ1n) is 7.69. The number of hydrogen-bond donors (Lipinski definition) is 1. The second kappa shape index (κ2) is 8.13. The number of nitro groups is 1. The van der Waals surface area contributed by atoms with E-state index in [-0.39, 0.29) is 17.3 Å². The largest absolute Gasteiger partial charge is 0.497 e. The highest BCUT2D eigenvalue weighted by Crippen LogP contribution is 2.28. The van der Waals surface area contributed by atoms with Gasteiger partial charge in [-0.1, -0.05) is 12.1 Å². The van der Waals surface area contributed by atoms with Crippen molar-refractivity contribution in [2.75, 3.05) is 33.1 Å². The van der Waals surface area contributed by atoms with Gasteiger partial charge in [0.2, 0.25) is 0 Å². The van der Waals surface area contributed by atoms with Gasteiger partial charge in [0.25, 0.3) is 5.69 Å². The van der Waals surface area contributed by atoms with Crippen molar-refractivity contribution in [1.29, 1.82) is 5.26 Å². The first kappa shape index (κ1) is 18.2. The second-order valence-electron chi connectivity index (χ2n) is 5.74. The van der Waals surface area contributed by atoms with Gasteiger partial charge in [-0.2, -0.15) is 5.26 Å². The van der Waals surface area contributed by atoms with E-state index in [0.717, 1.165) is 11.3 Å². The maximum Gasteiger partial charge on any atom is 0.293 e. The minimum Gasteiger partial charge on any atom is -0.497 e. The first-order chi connectivity index (χ1) is 12.0. The van der Waals surface area contributed by atoms with Crippen molar-refractivity contribution >= 4 is 11.4 Å². The molecular weight excluding hydrogens is 320 g/mol. The molecule has 130 valence electrons. The lowest BCUT2D eigenvalue weighted by molar-refractivity contribution is -0.384. The number of nitrogens with zero attached hydrogens (tertiary/aromatic N) is 3. The maximum absolute atomic E-state index is 11.3. The highest BCUT2D eigenvalue weighted by Gasteiger charge is 2.19. The van der Waals surface area contributed by atoms with E-state index < -0.39 is 4.92 Å². The smallest absolute Gasteiger partial charge is 0.293 e. The maximum atomic E-state index is 11.3. The summed E-state index contributed by atoms with van der Waals surface area (Å²) in [6.07, 6.45) is 0. The van der Waals surface area contributed by atoms with Crippen LogP contribution in [0.4, 0.5) is 11.4 Å². The van der Waals surface area contributed by atoms with Crippen molar-refractivity contribution in [1.82, 2.24) is 4.90 Å². The summed E-state index contributed by atoms with van der Waals surface area (Å²) in [5, 5.41) is 23.3.